The summed E-state index contributed by atoms with van der Waals surface area (Å²) in [6.07, 6.45) is 3.84. The number of benzene rings is 1. The zero-order valence-corrected chi connectivity index (χ0v) is 14.0. The molecule has 3 N–H and O–H groups in total. The van der Waals surface area contributed by atoms with Gasteiger partial charge < -0.3 is 15.6 Å². The van der Waals surface area contributed by atoms with E-state index < -0.39 is 11.5 Å². The van der Waals surface area contributed by atoms with E-state index in [-0.39, 0.29) is 5.97 Å². The lowest BCUT2D eigenvalue weighted by molar-refractivity contribution is -0.147. The molecule has 4 heteroatoms. The number of methoxy groups -OCH3 is 1. The monoisotopic (exact) mass is 307 g/mol. The molecule has 0 saturated carbocycles. The Balaban J connectivity index is 2.67. The van der Waals surface area contributed by atoms with Crippen molar-refractivity contribution in [2.75, 3.05) is 13.7 Å². The lowest BCUT2D eigenvalue weighted by atomic mass is 9.77. The fourth-order valence-corrected chi connectivity index (χ4v) is 2.73. The predicted octanol–water partition coefficient (Wildman–Crippen LogP) is 2.70. The van der Waals surface area contributed by atoms with Crippen LogP contribution in [0.4, 0.5) is 0 Å². The van der Waals surface area contributed by atoms with Gasteiger partial charge >= 0.3 is 5.97 Å². The zero-order valence-electron chi connectivity index (χ0n) is 14.0. The number of ether oxygens (including phenoxy) is 1. The number of nitrogens with two attached hydrogens (primary N) is 1. The van der Waals surface area contributed by atoms with Crippen molar-refractivity contribution in [1.29, 1.82) is 0 Å². The van der Waals surface area contributed by atoms with Gasteiger partial charge in [0.15, 0.2) is 0 Å². The number of unbranched alkanes of at least 4 members (excludes halogenated alkanes) is 2. The third-order valence-electron chi connectivity index (χ3n) is 4.28. The van der Waals surface area contributed by atoms with Crippen molar-refractivity contribution in [3.63, 3.8) is 0 Å². The minimum atomic E-state index is -0.618. The molecule has 0 aliphatic rings. The molecule has 0 saturated heterocycles. The minimum Gasteiger partial charge on any atom is -0.468 e. The lowest BCUT2D eigenvalue weighted by Crippen LogP contribution is -2.34. The summed E-state index contributed by atoms with van der Waals surface area (Å²) in [5.41, 5.74) is 6.91. The fourth-order valence-electron chi connectivity index (χ4n) is 2.73. The first kappa shape index (κ1) is 18.7. The Morgan fingerprint density at radius 3 is 2.68 bits per heavy atom. The predicted molar refractivity (Wildman–Crippen MR) is 88.7 cm³/mol. The van der Waals surface area contributed by atoms with Crippen LogP contribution in [0, 0.1) is 6.92 Å². The van der Waals surface area contributed by atoms with Gasteiger partial charge in [0, 0.05) is 6.54 Å². The summed E-state index contributed by atoms with van der Waals surface area (Å²) in [6, 6.07) is 8.04. The summed E-state index contributed by atoms with van der Waals surface area (Å²) >= 11 is 0. The average Bonchev–Trinajstić information content (AvgIpc) is 2.53. The van der Waals surface area contributed by atoms with Crippen LogP contribution < -0.4 is 5.73 Å². The lowest BCUT2D eigenvalue weighted by Gasteiger charge is -2.27. The third kappa shape index (κ3) is 5.11. The van der Waals surface area contributed by atoms with E-state index in [1.165, 1.54) is 7.11 Å². The molecule has 2 atom stereocenters. The van der Waals surface area contributed by atoms with E-state index in [0.717, 1.165) is 43.2 Å². The molecule has 1 rings (SSSR count). The highest BCUT2D eigenvalue weighted by atomic mass is 16.5. The van der Waals surface area contributed by atoms with Crippen LogP contribution in [0.1, 0.15) is 50.2 Å². The molecular weight excluding hydrogens is 278 g/mol. The smallest absolute Gasteiger partial charge is 0.315 e. The maximum Gasteiger partial charge on any atom is 0.315 e. The van der Waals surface area contributed by atoms with Gasteiger partial charge in [-0.3, -0.25) is 4.79 Å². The summed E-state index contributed by atoms with van der Waals surface area (Å²) in [5, 5.41) is 9.45. The number of aryl methyl sites for hydroxylation is 1. The van der Waals surface area contributed by atoms with E-state index in [1.54, 1.807) is 0 Å². The second kappa shape index (κ2) is 8.91. The zero-order chi connectivity index (χ0) is 16.6. The molecule has 1 aromatic carbocycles. The van der Waals surface area contributed by atoms with Crippen molar-refractivity contribution in [1.82, 2.24) is 0 Å². The third-order valence-corrected chi connectivity index (χ3v) is 4.28. The van der Waals surface area contributed by atoms with Crippen LogP contribution >= 0.6 is 0 Å². The first-order chi connectivity index (χ1) is 10.4. The van der Waals surface area contributed by atoms with Crippen molar-refractivity contribution >= 4 is 5.97 Å². The molecule has 0 aliphatic carbocycles. The molecule has 22 heavy (non-hydrogen) atoms. The molecule has 0 heterocycles. The molecule has 0 bridgehead atoms. The molecule has 4 nitrogen and oxygen atoms in total. The first-order valence-corrected chi connectivity index (χ1v) is 7.97. The summed E-state index contributed by atoms with van der Waals surface area (Å²) in [4.78, 5) is 12.3. The van der Waals surface area contributed by atoms with E-state index >= 15 is 0 Å². The molecular formula is C18H29NO3. The summed E-state index contributed by atoms with van der Waals surface area (Å²) in [6.45, 7) is 4.28. The van der Waals surface area contributed by atoms with Crippen LogP contribution in [-0.2, 0) is 14.9 Å². The van der Waals surface area contributed by atoms with Crippen molar-refractivity contribution in [2.24, 2.45) is 5.73 Å². The second-order valence-electron chi connectivity index (χ2n) is 6.18. The maximum atomic E-state index is 12.3. The molecule has 0 aliphatic heterocycles. The number of rotatable bonds is 9. The Morgan fingerprint density at radius 1 is 1.36 bits per heavy atom. The number of aliphatic hydroxyl groups is 1. The molecule has 124 valence electrons. The van der Waals surface area contributed by atoms with E-state index in [2.05, 4.69) is 6.07 Å². The number of aliphatic hydroxyl groups excluding tert-OH is 1. The Morgan fingerprint density at radius 2 is 2.09 bits per heavy atom. The molecule has 2 unspecified atom stereocenters. The number of esters is 1. The van der Waals surface area contributed by atoms with Gasteiger partial charge in [-0.05, 0) is 32.3 Å². The molecule has 0 fully saturated rings. The topological polar surface area (TPSA) is 72.5 Å². The average molecular weight is 307 g/mol. The van der Waals surface area contributed by atoms with Gasteiger partial charge in [0.2, 0.25) is 0 Å². The summed E-state index contributed by atoms with van der Waals surface area (Å²) < 4.78 is 5.03. The number of carbonyl (C=O) groups excluding carboxylic acids is 1. The fraction of sp³-hybridized carbons (Fsp3) is 0.611. The van der Waals surface area contributed by atoms with Gasteiger partial charge in [-0.15, -0.1) is 0 Å². The van der Waals surface area contributed by atoms with Gasteiger partial charge in [0.1, 0.15) is 0 Å². The van der Waals surface area contributed by atoms with Crippen LogP contribution in [0.5, 0.6) is 0 Å². The highest BCUT2D eigenvalue weighted by molar-refractivity contribution is 5.82. The Kier molecular flexibility index (Phi) is 7.56. The molecule has 1 aromatic rings. The van der Waals surface area contributed by atoms with Crippen LogP contribution in [0.15, 0.2) is 24.3 Å². The minimum absolute atomic E-state index is 0.194. The SMILES string of the molecule is COC(=O)C(C)(CCCCCC(O)CN)c1cccc(C)c1. The van der Waals surface area contributed by atoms with E-state index in [1.807, 2.05) is 32.0 Å². The molecule has 0 radical (unpaired) electrons. The number of hydrogen-bond acceptors (Lipinski definition) is 4. The van der Waals surface area contributed by atoms with Crippen molar-refractivity contribution in [3.05, 3.63) is 35.4 Å². The summed E-state index contributed by atoms with van der Waals surface area (Å²) in [7, 11) is 1.44. The van der Waals surface area contributed by atoms with Gasteiger partial charge in [0.05, 0.1) is 18.6 Å². The Bertz CT molecular complexity index is 475. The number of carbonyl (C=O) groups is 1. The normalized spacial score (nSPS) is 15.1. The van der Waals surface area contributed by atoms with E-state index in [9.17, 15) is 9.90 Å². The Labute approximate surface area is 133 Å². The van der Waals surface area contributed by atoms with E-state index in [0.29, 0.717) is 6.54 Å². The Hall–Kier alpha value is -1.39. The maximum absolute atomic E-state index is 12.3. The highest BCUT2D eigenvalue weighted by Gasteiger charge is 2.35. The van der Waals surface area contributed by atoms with Crippen LogP contribution in [-0.4, -0.2) is 30.8 Å². The van der Waals surface area contributed by atoms with Crippen molar-refractivity contribution < 1.29 is 14.6 Å². The van der Waals surface area contributed by atoms with Crippen LogP contribution in [0.3, 0.4) is 0 Å². The largest absolute Gasteiger partial charge is 0.468 e. The van der Waals surface area contributed by atoms with Crippen molar-refractivity contribution in [2.45, 2.75) is 57.5 Å². The first-order valence-electron chi connectivity index (χ1n) is 7.97. The molecule has 0 spiro atoms. The highest BCUT2D eigenvalue weighted by Crippen LogP contribution is 2.32. The number of hydrogen-bond donors (Lipinski definition) is 2. The molecule has 0 amide bonds. The van der Waals surface area contributed by atoms with Crippen LogP contribution in [0.2, 0.25) is 0 Å². The van der Waals surface area contributed by atoms with Crippen LogP contribution in [0.25, 0.3) is 0 Å². The molecule has 0 aromatic heterocycles. The van der Waals surface area contributed by atoms with Gasteiger partial charge in [0.25, 0.3) is 0 Å². The summed E-state index contributed by atoms with van der Waals surface area (Å²) in [5.74, 6) is -0.194. The van der Waals surface area contributed by atoms with E-state index in [4.69, 9.17) is 10.5 Å². The van der Waals surface area contributed by atoms with Gasteiger partial charge in [-0.25, -0.2) is 0 Å². The van der Waals surface area contributed by atoms with Gasteiger partial charge in [-0.2, -0.15) is 0 Å². The van der Waals surface area contributed by atoms with Crippen molar-refractivity contribution in [3.8, 4) is 0 Å². The second-order valence-corrected chi connectivity index (χ2v) is 6.18. The quantitative estimate of drug-likeness (QED) is 0.543. The van der Waals surface area contributed by atoms with Gasteiger partial charge in [-0.1, -0.05) is 49.1 Å². The standard InChI is InChI=1S/C18H29NO3/c1-14-8-7-9-15(12-14)18(2,17(21)22-3)11-6-4-5-10-16(20)13-19/h7-9,12,16,20H,4-6,10-11,13,19H2,1-3H3.